The van der Waals surface area contributed by atoms with Gasteiger partial charge in [0.25, 0.3) is 5.91 Å². The molecule has 2 saturated carbocycles. The van der Waals surface area contributed by atoms with Gasteiger partial charge in [0.05, 0.1) is 6.10 Å². The molecular formula is C19H24ClNO3. The first-order valence-corrected chi connectivity index (χ1v) is 9.30. The summed E-state index contributed by atoms with van der Waals surface area (Å²) in [5, 5.41) is 14.8. The van der Waals surface area contributed by atoms with Crippen molar-refractivity contribution in [3.05, 3.63) is 34.9 Å². The molecule has 0 radical (unpaired) electrons. The van der Waals surface area contributed by atoms with Gasteiger partial charge in [0.1, 0.15) is 0 Å². The maximum Gasteiger partial charge on any atom is 0.256 e. The van der Waals surface area contributed by atoms with E-state index in [9.17, 15) is 9.90 Å². The Bertz CT molecular complexity index is 660. The number of ether oxygens (including phenoxy) is 1. The van der Waals surface area contributed by atoms with Gasteiger partial charge in [0, 0.05) is 29.0 Å². The number of carbonyl (C=O) groups excluding carboxylic acids is 1. The van der Waals surface area contributed by atoms with Crippen LogP contribution < -0.4 is 5.32 Å². The van der Waals surface area contributed by atoms with Crippen molar-refractivity contribution < 1.29 is 14.6 Å². The van der Waals surface area contributed by atoms with E-state index in [4.69, 9.17) is 16.3 Å². The highest BCUT2D eigenvalue weighted by atomic mass is 35.5. The van der Waals surface area contributed by atoms with E-state index in [1.807, 2.05) is 6.92 Å². The Morgan fingerprint density at radius 3 is 2.92 bits per heavy atom. The summed E-state index contributed by atoms with van der Waals surface area (Å²) < 4.78 is 5.90. The molecule has 4 atom stereocenters. The van der Waals surface area contributed by atoms with Crippen molar-refractivity contribution in [1.29, 1.82) is 0 Å². The Morgan fingerprint density at radius 2 is 2.29 bits per heavy atom. The second kappa shape index (κ2) is 5.72. The largest absolute Gasteiger partial charge is 0.377 e. The molecule has 3 aliphatic rings. The fraction of sp³-hybridized carbons (Fsp3) is 0.632. The molecule has 4 rings (SSSR count). The van der Waals surface area contributed by atoms with Crippen LogP contribution in [0.5, 0.6) is 0 Å². The van der Waals surface area contributed by atoms with E-state index < -0.39 is 5.60 Å². The number of carbonyl (C=O) groups is 1. The van der Waals surface area contributed by atoms with Crippen molar-refractivity contribution >= 4 is 17.5 Å². The molecule has 1 saturated heterocycles. The molecule has 4 unspecified atom stereocenters. The van der Waals surface area contributed by atoms with Crippen LogP contribution in [0, 0.1) is 11.3 Å². The third-order valence-corrected chi connectivity index (χ3v) is 6.75. The number of nitrogens with one attached hydrogen (secondary N) is 1. The minimum absolute atomic E-state index is 0.111. The molecule has 1 amide bonds. The summed E-state index contributed by atoms with van der Waals surface area (Å²) in [6, 6.07) is 7.07. The maximum absolute atomic E-state index is 13.0. The topological polar surface area (TPSA) is 58.6 Å². The van der Waals surface area contributed by atoms with Crippen LogP contribution in [0.2, 0.25) is 5.02 Å². The first-order chi connectivity index (χ1) is 11.5. The van der Waals surface area contributed by atoms with Crippen LogP contribution in [-0.4, -0.2) is 29.8 Å². The molecule has 1 heterocycles. The molecule has 0 aromatic heterocycles. The van der Waals surface area contributed by atoms with Crippen LogP contribution in [0.15, 0.2) is 24.3 Å². The van der Waals surface area contributed by atoms with Gasteiger partial charge in [-0.25, -0.2) is 0 Å². The highest BCUT2D eigenvalue weighted by Gasteiger charge is 2.67. The predicted octanol–water partition coefficient (Wildman–Crippen LogP) is 3.01. The van der Waals surface area contributed by atoms with E-state index >= 15 is 0 Å². The predicted molar refractivity (Wildman–Crippen MR) is 91.7 cm³/mol. The Kier molecular flexibility index (Phi) is 3.90. The molecule has 2 aliphatic carbocycles. The molecule has 3 fully saturated rings. The lowest BCUT2D eigenvalue weighted by atomic mass is 9.46. The van der Waals surface area contributed by atoms with Crippen LogP contribution >= 0.6 is 11.6 Å². The molecule has 24 heavy (non-hydrogen) atoms. The number of aliphatic hydroxyl groups is 1. The van der Waals surface area contributed by atoms with Gasteiger partial charge in [0.2, 0.25) is 0 Å². The minimum atomic E-state index is -1.54. The normalized spacial score (nSPS) is 32.4. The lowest BCUT2D eigenvalue weighted by molar-refractivity contribution is -0.184. The first kappa shape index (κ1) is 16.4. The summed E-state index contributed by atoms with van der Waals surface area (Å²) in [7, 11) is 0. The molecule has 1 aliphatic heterocycles. The Hall–Kier alpha value is -1.10. The van der Waals surface area contributed by atoms with Gasteiger partial charge in [0.15, 0.2) is 5.60 Å². The van der Waals surface area contributed by atoms with Crippen molar-refractivity contribution in [2.45, 2.75) is 56.8 Å². The van der Waals surface area contributed by atoms with E-state index in [2.05, 4.69) is 5.32 Å². The van der Waals surface area contributed by atoms with Crippen LogP contribution in [-0.2, 0) is 15.1 Å². The lowest BCUT2D eigenvalue weighted by Gasteiger charge is -2.63. The summed E-state index contributed by atoms with van der Waals surface area (Å²) in [6.45, 7) is 2.61. The molecule has 5 heteroatoms. The average Bonchev–Trinajstić information content (AvgIpc) is 2.95. The summed E-state index contributed by atoms with van der Waals surface area (Å²) in [5.41, 5.74) is -0.878. The van der Waals surface area contributed by atoms with Gasteiger partial charge >= 0.3 is 0 Å². The van der Waals surface area contributed by atoms with Gasteiger partial charge < -0.3 is 15.2 Å². The second-order valence-electron chi connectivity index (χ2n) is 7.51. The molecule has 0 bridgehead atoms. The van der Waals surface area contributed by atoms with E-state index in [-0.39, 0.29) is 17.4 Å². The number of halogens is 1. The van der Waals surface area contributed by atoms with Gasteiger partial charge in [-0.2, -0.15) is 0 Å². The summed E-state index contributed by atoms with van der Waals surface area (Å²) >= 11 is 6.05. The molecule has 1 aromatic carbocycles. The third-order valence-electron chi connectivity index (χ3n) is 6.51. The number of hydrogen-bond acceptors (Lipinski definition) is 3. The number of benzene rings is 1. The van der Waals surface area contributed by atoms with Crippen molar-refractivity contribution in [2.24, 2.45) is 11.3 Å². The number of amides is 1. The smallest absolute Gasteiger partial charge is 0.256 e. The Balaban J connectivity index is 1.56. The van der Waals surface area contributed by atoms with Gasteiger partial charge in [-0.3, -0.25) is 4.79 Å². The van der Waals surface area contributed by atoms with E-state index in [1.54, 1.807) is 24.3 Å². The zero-order valence-corrected chi connectivity index (χ0v) is 14.7. The molecule has 1 spiro atoms. The van der Waals surface area contributed by atoms with Gasteiger partial charge in [-0.1, -0.05) is 37.1 Å². The standard InChI is InChI=1S/C19H24ClNO3/c1-2-19(23,12-5-3-6-13(20)11-12)17(22)21-15-14-7-10-24-16(14)18(15)8-4-9-18/h3,5-6,11,14-16,23H,2,4,7-10H2,1H3,(H,21,22). The fourth-order valence-electron chi connectivity index (χ4n) is 4.96. The molecule has 4 nitrogen and oxygen atoms in total. The highest BCUT2D eigenvalue weighted by Crippen LogP contribution is 2.62. The van der Waals surface area contributed by atoms with E-state index in [1.165, 1.54) is 6.42 Å². The zero-order valence-electron chi connectivity index (χ0n) is 13.9. The monoisotopic (exact) mass is 349 g/mol. The molecule has 2 N–H and O–H groups in total. The van der Waals surface area contributed by atoms with E-state index in [0.717, 1.165) is 25.9 Å². The van der Waals surface area contributed by atoms with Crippen molar-refractivity contribution in [3.63, 3.8) is 0 Å². The summed E-state index contributed by atoms with van der Waals surface area (Å²) in [4.78, 5) is 13.0. The Labute approximate surface area is 147 Å². The molecule has 130 valence electrons. The number of hydrogen-bond donors (Lipinski definition) is 2. The quantitative estimate of drug-likeness (QED) is 0.878. The Morgan fingerprint density at radius 1 is 1.50 bits per heavy atom. The summed E-state index contributed by atoms with van der Waals surface area (Å²) in [5.74, 6) is 0.0867. The maximum atomic E-state index is 13.0. The highest BCUT2D eigenvalue weighted by molar-refractivity contribution is 6.30. The van der Waals surface area contributed by atoms with Crippen molar-refractivity contribution in [1.82, 2.24) is 5.32 Å². The third kappa shape index (κ3) is 2.16. The van der Waals surface area contributed by atoms with Gasteiger partial charge in [-0.15, -0.1) is 0 Å². The van der Waals surface area contributed by atoms with Crippen molar-refractivity contribution in [3.8, 4) is 0 Å². The SMILES string of the molecule is CCC(O)(C(=O)NC1C2CCOC2C12CCC2)c1cccc(Cl)c1. The minimum Gasteiger partial charge on any atom is -0.377 e. The van der Waals surface area contributed by atoms with Gasteiger partial charge in [-0.05, 0) is 43.4 Å². The van der Waals surface area contributed by atoms with Crippen LogP contribution in [0.25, 0.3) is 0 Å². The first-order valence-electron chi connectivity index (χ1n) is 8.92. The lowest BCUT2D eigenvalue weighted by Crippen LogP contribution is -2.72. The van der Waals surface area contributed by atoms with Crippen LogP contribution in [0.1, 0.15) is 44.6 Å². The molecular weight excluding hydrogens is 326 g/mol. The number of fused-ring (bicyclic) bond motifs is 2. The zero-order chi connectivity index (χ0) is 16.9. The number of rotatable bonds is 4. The summed E-state index contributed by atoms with van der Waals surface area (Å²) in [6.07, 6.45) is 5.03. The van der Waals surface area contributed by atoms with Crippen LogP contribution in [0.4, 0.5) is 0 Å². The molecule has 1 aromatic rings. The van der Waals surface area contributed by atoms with Crippen molar-refractivity contribution in [2.75, 3.05) is 6.61 Å². The fourth-order valence-corrected chi connectivity index (χ4v) is 5.15. The average molecular weight is 350 g/mol. The van der Waals surface area contributed by atoms with E-state index in [0.29, 0.717) is 29.0 Å². The van der Waals surface area contributed by atoms with Crippen LogP contribution in [0.3, 0.4) is 0 Å². The second-order valence-corrected chi connectivity index (χ2v) is 7.94.